The van der Waals surface area contributed by atoms with Crippen molar-refractivity contribution in [2.24, 2.45) is 0 Å². The molecule has 0 fully saturated rings. The summed E-state index contributed by atoms with van der Waals surface area (Å²) in [5.74, 6) is 0.439. The van der Waals surface area contributed by atoms with E-state index in [1.54, 1.807) is 0 Å². The number of hydrogen-bond acceptors (Lipinski definition) is 1. The molecule has 24 heavy (non-hydrogen) atoms. The average molecular weight is 320 g/mol. The molecule has 0 bridgehead atoms. The van der Waals surface area contributed by atoms with E-state index in [2.05, 4.69) is 84.0 Å². The van der Waals surface area contributed by atoms with Crippen LogP contribution in [0.3, 0.4) is 0 Å². The predicted molar refractivity (Wildman–Crippen MR) is 104 cm³/mol. The van der Waals surface area contributed by atoms with Gasteiger partial charge in [-0.15, -0.1) is 0 Å². The lowest BCUT2D eigenvalue weighted by atomic mass is 9.78. The summed E-state index contributed by atoms with van der Waals surface area (Å²) < 4.78 is 0. The minimum absolute atomic E-state index is 0.0501. The van der Waals surface area contributed by atoms with Gasteiger partial charge < -0.3 is 5.11 Å². The van der Waals surface area contributed by atoms with E-state index in [9.17, 15) is 5.11 Å². The maximum atomic E-state index is 11.0. The molecule has 1 aliphatic rings. The zero-order valence-corrected chi connectivity index (χ0v) is 15.7. The second-order valence-corrected chi connectivity index (χ2v) is 8.97. The maximum Gasteiger partial charge on any atom is 0.126 e. The van der Waals surface area contributed by atoms with Gasteiger partial charge in [-0.3, -0.25) is 0 Å². The highest BCUT2D eigenvalue weighted by Gasteiger charge is 2.27. The SMILES string of the molecule is CC(C)(C)c1cc(C2=Cc3ccccc3C2)c(O)c(C(C)(C)C)c1. The Kier molecular flexibility index (Phi) is 3.86. The highest BCUT2D eigenvalue weighted by molar-refractivity contribution is 5.91. The van der Waals surface area contributed by atoms with Gasteiger partial charge in [0.25, 0.3) is 0 Å². The van der Waals surface area contributed by atoms with Crippen molar-refractivity contribution in [1.82, 2.24) is 0 Å². The van der Waals surface area contributed by atoms with Gasteiger partial charge in [0, 0.05) is 11.1 Å². The van der Waals surface area contributed by atoms with Gasteiger partial charge in [-0.2, -0.15) is 0 Å². The normalized spacial score (nSPS) is 14.5. The van der Waals surface area contributed by atoms with Crippen molar-refractivity contribution in [3.05, 3.63) is 64.2 Å². The summed E-state index contributed by atoms with van der Waals surface area (Å²) in [6.07, 6.45) is 3.12. The molecule has 0 aliphatic heterocycles. The van der Waals surface area contributed by atoms with E-state index in [-0.39, 0.29) is 10.8 Å². The van der Waals surface area contributed by atoms with E-state index in [0.29, 0.717) is 5.75 Å². The van der Waals surface area contributed by atoms with E-state index < -0.39 is 0 Å². The third-order valence-electron chi connectivity index (χ3n) is 4.90. The molecule has 126 valence electrons. The molecule has 2 aromatic carbocycles. The second-order valence-electron chi connectivity index (χ2n) is 8.97. The van der Waals surface area contributed by atoms with E-state index in [1.807, 2.05) is 0 Å². The summed E-state index contributed by atoms with van der Waals surface area (Å²) >= 11 is 0. The highest BCUT2D eigenvalue weighted by Crippen LogP contribution is 2.43. The Morgan fingerprint density at radius 3 is 2.12 bits per heavy atom. The zero-order chi connectivity index (χ0) is 17.7. The lowest BCUT2D eigenvalue weighted by molar-refractivity contribution is 0.443. The number of fused-ring (bicyclic) bond motifs is 1. The molecule has 0 amide bonds. The average Bonchev–Trinajstić information content (AvgIpc) is 2.88. The Bertz CT molecular complexity index is 811. The molecular formula is C23H28O. The number of aromatic hydroxyl groups is 1. The number of rotatable bonds is 1. The van der Waals surface area contributed by atoms with Gasteiger partial charge >= 0.3 is 0 Å². The van der Waals surface area contributed by atoms with Crippen LogP contribution in [0.25, 0.3) is 11.6 Å². The molecule has 0 spiro atoms. The smallest absolute Gasteiger partial charge is 0.126 e. The first-order valence-electron chi connectivity index (χ1n) is 8.74. The van der Waals surface area contributed by atoms with Crippen LogP contribution < -0.4 is 0 Å². The van der Waals surface area contributed by atoms with E-state index in [0.717, 1.165) is 17.5 Å². The molecule has 1 N–H and O–H groups in total. The van der Waals surface area contributed by atoms with Gasteiger partial charge in [0.05, 0.1) is 0 Å². The summed E-state index contributed by atoms with van der Waals surface area (Å²) in [4.78, 5) is 0. The van der Waals surface area contributed by atoms with Gasteiger partial charge in [0.15, 0.2) is 0 Å². The van der Waals surface area contributed by atoms with Gasteiger partial charge in [-0.1, -0.05) is 78.0 Å². The van der Waals surface area contributed by atoms with Crippen LogP contribution in [0.1, 0.15) is 69.4 Å². The first kappa shape index (κ1) is 16.8. The number of benzene rings is 2. The van der Waals surface area contributed by atoms with Crippen LogP contribution in [-0.4, -0.2) is 5.11 Å². The molecule has 0 saturated carbocycles. The molecule has 1 heteroatoms. The van der Waals surface area contributed by atoms with Crippen molar-refractivity contribution in [3.63, 3.8) is 0 Å². The monoisotopic (exact) mass is 320 g/mol. The quantitative estimate of drug-likeness (QED) is 0.674. The van der Waals surface area contributed by atoms with Gasteiger partial charge in [-0.05, 0) is 45.6 Å². The van der Waals surface area contributed by atoms with Crippen molar-refractivity contribution < 1.29 is 5.11 Å². The Balaban J connectivity index is 2.19. The van der Waals surface area contributed by atoms with Gasteiger partial charge in [0.1, 0.15) is 5.75 Å². The largest absolute Gasteiger partial charge is 0.507 e. The Labute approximate surface area is 146 Å². The predicted octanol–water partition coefficient (Wildman–Crippen LogP) is 6.08. The third kappa shape index (κ3) is 3.00. The summed E-state index contributed by atoms with van der Waals surface area (Å²) in [7, 11) is 0. The Morgan fingerprint density at radius 1 is 0.875 bits per heavy atom. The van der Waals surface area contributed by atoms with Gasteiger partial charge in [0.2, 0.25) is 0 Å². The zero-order valence-electron chi connectivity index (χ0n) is 15.7. The lowest BCUT2D eigenvalue weighted by Crippen LogP contribution is -2.17. The first-order valence-corrected chi connectivity index (χ1v) is 8.74. The molecule has 0 heterocycles. The number of allylic oxidation sites excluding steroid dienone is 1. The van der Waals surface area contributed by atoms with Crippen molar-refractivity contribution in [2.45, 2.75) is 58.8 Å². The molecular weight excluding hydrogens is 292 g/mol. The topological polar surface area (TPSA) is 20.2 Å². The van der Waals surface area contributed by atoms with E-state index in [4.69, 9.17) is 0 Å². The molecule has 1 nitrogen and oxygen atoms in total. The Hall–Kier alpha value is -2.02. The molecule has 0 aromatic heterocycles. The van der Waals surface area contributed by atoms with Crippen molar-refractivity contribution in [3.8, 4) is 5.75 Å². The first-order chi connectivity index (χ1) is 11.1. The maximum absolute atomic E-state index is 11.0. The fourth-order valence-electron chi connectivity index (χ4n) is 3.34. The minimum Gasteiger partial charge on any atom is -0.507 e. The summed E-state index contributed by atoms with van der Waals surface area (Å²) in [5.41, 5.74) is 7.07. The molecule has 3 rings (SSSR count). The second kappa shape index (κ2) is 5.51. The Morgan fingerprint density at radius 2 is 1.54 bits per heavy atom. The molecule has 2 aromatic rings. The van der Waals surface area contributed by atoms with Crippen LogP contribution in [0.15, 0.2) is 36.4 Å². The number of hydrogen-bond donors (Lipinski definition) is 1. The fourth-order valence-corrected chi connectivity index (χ4v) is 3.34. The fraction of sp³-hybridized carbons (Fsp3) is 0.391. The van der Waals surface area contributed by atoms with Crippen LogP contribution in [0.4, 0.5) is 0 Å². The summed E-state index contributed by atoms with van der Waals surface area (Å²) in [6.45, 7) is 13.2. The molecule has 0 radical (unpaired) electrons. The van der Waals surface area contributed by atoms with Gasteiger partial charge in [-0.25, -0.2) is 0 Å². The van der Waals surface area contributed by atoms with Crippen LogP contribution in [0.2, 0.25) is 0 Å². The van der Waals surface area contributed by atoms with Crippen molar-refractivity contribution in [1.29, 1.82) is 0 Å². The summed E-state index contributed by atoms with van der Waals surface area (Å²) in [6, 6.07) is 12.8. The number of phenols is 1. The molecule has 0 unspecified atom stereocenters. The molecule has 1 aliphatic carbocycles. The van der Waals surface area contributed by atoms with Crippen LogP contribution in [0, 0.1) is 0 Å². The van der Waals surface area contributed by atoms with Crippen LogP contribution in [0.5, 0.6) is 5.75 Å². The van der Waals surface area contributed by atoms with Crippen LogP contribution in [-0.2, 0) is 17.3 Å². The number of phenolic OH excluding ortho intramolecular Hbond substituents is 1. The van der Waals surface area contributed by atoms with Crippen molar-refractivity contribution in [2.75, 3.05) is 0 Å². The highest BCUT2D eigenvalue weighted by atomic mass is 16.3. The van der Waals surface area contributed by atoms with E-state index in [1.165, 1.54) is 22.3 Å². The molecule has 0 saturated heterocycles. The van der Waals surface area contributed by atoms with E-state index >= 15 is 0 Å². The van der Waals surface area contributed by atoms with Crippen molar-refractivity contribution >= 4 is 11.6 Å². The standard InChI is InChI=1S/C23H28O/c1-22(2,3)18-13-19(21(24)20(14-18)23(4,5)6)17-11-15-9-7-8-10-16(15)12-17/h7-11,13-14,24H,12H2,1-6H3. The third-order valence-corrected chi connectivity index (χ3v) is 4.90. The summed E-state index contributed by atoms with van der Waals surface area (Å²) in [5, 5.41) is 11.0. The van der Waals surface area contributed by atoms with Crippen LogP contribution >= 0.6 is 0 Å². The lowest BCUT2D eigenvalue weighted by Gasteiger charge is -2.28. The minimum atomic E-state index is -0.0912. The molecule has 0 atom stereocenters.